The Hall–Kier alpha value is -0.240. The van der Waals surface area contributed by atoms with Gasteiger partial charge in [0.1, 0.15) is 5.75 Å². The van der Waals surface area contributed by atoms with Crippen molar-refractivity contribution in [1.29, 1.82) is 0 Å². The highest BCUT2D eigenvalue weighted by Gasteiger charge is 2.29. The van der Waals surface area contributed by atoms with E-state index >= 15 is 0 Å². The lowest BCUT2D eigenvalue weighted by Gasteiger charge is -2.05. The second kappa shape index (κ2) is 5.20. The second-order valence-corrected chi connectivity index (χ2v) is 4.62. The largest absolute Gasteiger partial charge is 0.497 e. The van der Waals surface area contributed by atoms with Gasteiger partial charge in [0.05, 0.1) is 12.8 Å². The van der Waals surface area contributed by atoms with Gasteiger partial charge in [-0.05, 0) is 62.8 Å². The van der Waals surface area contributed by atoms with Gasteiger partial charge in [0, 0.05) is 0 Å². The number of hydrogen-bond acceptors (Lipinski definition) is 2. The maximum absolute atomic E-state index is 12.7. The van der Waals surface area contributed by atoms with Crippen molar-refractivity contribution in [3.05, 3.63) is 24.3 Å². The predicted octanol–water partition coefficient (Wildman–Crippen LogP) is 4.15. The third-order valence-corrected chi connectivity index (χ3v) is 3.57. The quantitative estimate of drug-likeness (QED) is 0.432. The van der Waals surface area contributed by atoms with Crippen LogP contribution in [0.5, 0.6) is 5.75 Å². The standard InChI is InChI=1S/C9H7BrF2INO/c1-15-7-4-2-6(3-5-7)14-8(13)9(10,11)12/h2-5H,1H3. The summed E-state index contributed by atoms with van der Waals surface area (Å²) in [4.78, 5) is 0.681. The molecule has 0 heterocycles. The van der Waals surface area contributed by atoms with E-state index < -0.39 is 4.83 Å². The molecule has 0 aliphatic heterocycles. The number of nitrogens with zero attached hydrogens (tertiary/aromatic N) is 1. The molecule has 0 spiro atoms. The van der Waals surface area contributed by atoms with E-state index in [-0.39, 0.29) is 3.72 Å². The highest BCUT2D eigenvalue weighted by molar-refractivity contribution is 14.1. The molecule has 6 heteroatoms. The number of rotatable bonds is 3. The van der Waals surface area contributed by atoms with Gasteiger partial charge in [-0.25, -0.2) is 4.99 Å². The monoisotopic (exact) mass is 389 g/mol. The molecule has 0 fully saturated rings. The Morgan fingerprint density at radius 3 is 2.33 bits per heavy atom. The van der Waals surface area contributed by atoms with Gasteiger partial charge in [-0.3, -0.25) is 0 Å². The predicted molar refractivity (Wildman–Crippen MR) is 68.0 cm³/mol. The van der Waals surface area contributed by atoms with Gasteiger partial charge in [0.25, 0.3) is 0 Å². The number of methoxy groups -OCH3 is 1. The molecule has 82 valence electrons. The Balaban J connectivity index is 2.89. The minimum Gasteiger partial charge on any atom is -0.497 e. The minimum absolute atomic E-state index is 0.315. The fourth-order valence-electron chi connectivity index (χ4n) is 0.833. The van der Waals surface area contributed by atoms with Gasteiger partial charge in [-0.15, -0.1) is 0 Å². The first-order valence-corrected chi connectivity index (χ1v) is 5.76. The van der Waals surface area contributed by atoms with Crippen molar-refractivity contribution >= 4 is 47.9 Å². The van der Waals surface area contributed by atoms with Crippen LogP contribution in [0.2, 0.25) is 0 Å². The van der Waals surface area contributed by atoms with Crippen LogP contribution < -0.4 is 4.74 Å². The number of hydrogen-bond donors (Lipinski definition) is 0. The number of halogens is 4. The fourth-order valence-corrected chi connectivity index (χ4v) is 1.20. The summed E-state index contributed by atoms with van der Waals surface area (Å²) in [6.07, 6.45) is 0. The lowest BCUT2D eigenvalue weighted by molar-refractivity contribution is 0.198. The van der Waals surface area contributed by atoms with E-state index in [9.17, 15) is 8.78 Å². The smallest absolute Gasteiger partial charge is 0.348 e. The van der Waals surface area contributed by atoms with Crippen LogP contribution in [0.3, 0.4) is 0 Å². The van der Waals surface area contributed by atoms with Crippen molar-refractivity contribution in [3.63, 3.8) is 0 Å². The van der Waals surface area contributed by atoms with E-state index in [4.69, 9.17) is 4.74 Å². The van der Waals surface area contributed by atoms with Crippen LogP contribution in [-0.4, -0.2) is 15.7 Å². The third-order valence-electron chi connectivity index (χ3n) is 1.53. The summed E-state index contributed by atoms with van der Waals surface area (Å²) in [7, 11) is 1.54. The van der Waals surface area contributed by atoms with Gasteiger partial charge < -0.3 is 4.74 Å². The molecule has 0 amide bonds. The lowest BCUT2D eigenvalue weighted by Crippen LogP contribution is -2.13. The SMILES string of the molecule is COc1ccc(N=C(I)C(F)(F)Br)cc1. The first-order chi connectivity index (χ1) is 6.93. The summed E-state index contributed by atoms with van der Waals surface area (Å²) in [6, 6.07) is 6.54. The summed E-state index contributed by atoms with van der Waals surface area (Å²) >= 11 is 3.72. The van der Waals surface area contributed by atoms with Crippen LogP contribution in [0.4, 0.5) is 14.5 Å². The summed E-state index contributed by atoms with van der Waals surface area (Å²) in [5, 5.41) is 0. The summed E-state index contributed by atoms with van der Waals surface area (Å²) in [6.45, 7) is 0. The van der Waals surface area contributed by atoms with Gasteiger partial charge >= 0.3 is 4.83 Å². The van der Waals surface area contributed by atoms with Crippen molar-refractivity contribution in [2.45, 2.75) is 4.83 Å². The molecular formula is C9H7BrF2INO. The zero-order chi connectivity index (χ0) is 11.5. The Kier molecular flexibility index (Phi) is 4.45. The summed E-state index contributed by atoms with van der Waals surface area (Å²) in [5.41, 5.74) is 0.458. The lowest BCUT2D eigenvalue weighted by atomic mass is 10.3. The van der Waals surface area contributed by atoms with Crippen LogP contribution >= 0.6 is 38.5 Å². The molecule has 0 bridgehead atoms. The van der Waals surface area contributed by atoms with Gasteiger partial charge in [-0.2, -0.15) is 8.78 Å². The fraction of sp³-hybridized carbons (Fsp3) is 0.222. The molecule has 0 radical (unpaired) electrons. The summed E-state index contributed by atoms with van der Waals surface area (Å²) in [5.74, 6) is 0.662. The van der Waals surface area contributed by atoms with E-state index in [2.05, 4.69) is 20.9 Å². The molecule has 1 aromatic carbocycles. The minimum atomic E-state index is -3.08. The molecule has 2 nitrogen and oxygen atoms in total. The Morgan fingerprint density at radius 1 is 1.40 bits per heavy atom. The zero-order valence-electron chi connectivity index (χ0n) is 7.68. The average Bonchev–Trinajstić information content (AvgIpc) is 2.17. The molecule has 0 aliphatic rings. The van der Waals surface area contributed by atoms with Crippen molar-refractivity contribution in [3.8, 4) is 5.75 Å². The topological polar surface area (TPSA) is 21.6 Å². The molecule has 0 unspecified atom stereocenters. The second-order valence-electron chi connectivity index (χ2n) is 2.60. The Labute approximate surface area is 108 Å². The average molecular weight is 390 g/mol. The maximum Gasteiger partial charge on any atom is 0.348 e. The van der Waals surface area contributed by atoms with Crippen LogP contribution in [0.25, 0.3) is 0 Å². The molecule has 0 N–H and O–H groups in total. The first-order valence-electron chi connectivity index (χ1n) is 3.89. The van der Waals surface area contributed by atoms with Crippen LogP contribution in [0.1, 0.15) is 0 Å². The van der Waals surface area contributed by atoms with Crippen molar-refractivity contribution in [2.75, 3.05) is 7.11 Å². The van der Waals surface area contributed by atoms with Gasteiger partial charge in [0.15, 0.2) is 3.72 Å². The summed E-state index contributed by atoms with van der Waals surface area (Å²) < 4.78 is 30.0. The molecular weight excluding hydrogens is 383 g/mol. The maximum atomic E-state index is 12.7. The molecule has 0 saturated carbocycles. The van der Waals surface area contributed by atoms with Crippen molar-refractivity contribution < 1.29 is 13.5 Å². The van der Waals surface area contributed by atoms with E-state index in [0.717, 1.165) is 0 Å². The van der Waals surface area contributed by atoms with E-state index in [1.807, 2.05) is 0 Å². The van der Waals surface area contributed by atoms with Gasteiger partial charge in [-0.1, -0.05) is 0 Å². The Morgan fingerprint density at radius 2 is 1.93 bits per heavy atom. The first kappa shape index (κ1) is 12.8. The van der Waals surface area contributed by atoms with Crippen LogP contribution in [-0.2, 0) is 0 Å². The normalized spacial score (nSPS) is 12.7. The zero-order valence-corrected chi connectivity index (χ0v) is 11.4. The van der Waals surface area contributed by atoms with E-state index in [0.29, 0.717) is 11.4 Å². The molecule has 0 aromatic heterocycles. The van der Waals surface area contributed by atoms with Crippen molar-refractivity contribution in [1.82, 2.24) is 0 Å². The molecule has 15 heavy (non-hydrogen) atoms. The third kappa shape index (κ3) is 4.02. The highest BCUT2D eigenvalue weighted by Crippen LogP contribution is 2.29. The van der Waals surface area contributed by atoms with Crippen LogP contribution in [0, 0.1) is 0 Å². The molecule has 0 aliphatic carbocycles. The number of ether oxygens (including phenoxy) is 1. The Bertz CT molecular complexity index is 361. The van der Waals surface area contributed by atoms with Crippen LogP contribution in [0.15, 0.2) is 29.3 Å². The van der Waals surface area contributed by atoms with E-state index in [1.165, 1.54) is 29.7 Å². The highest BCUT2D eigenvalue weighted by atomic mass is 127. The van der Waals surface area contributed by atoms with Gasteiger partial charge in [0.2, 0.25) is 0 Å². The molecule has 0 saturated heterocycles. The number of alkyl halides is 3. The molecule has 0 atom stereocenters. The number of benzene rings is 1. The number of aliphatic imine (C=N–C) groups is 1. The van der Waals surface area contributed by atoms with E-state index in [1.54, 1.807) is 24.3 Å². The van der Waals surface area contributed by atoms with Crippen molar-refractivity contribution in [2.24, 2.45) is 4.99 Å². The molecule has 1 rings (SSSR count). The molecule has 1 aromatic rings.